The van der Waals surface area contributed by atoms with Crippen molar-refractivity contribution in [3.8, 4) is 0 Å². The number of hydrazine groups is 1. The molecule has 1 saturated carbocycles. The molecule has 0 aromatic carbocycles. The third-order valence-corrected chi connectivity index (χ3v) is 4.48. The number of nitrogens with zero attached hydrogens (tertiary/aromatic N) is 4. The van der Waals surface area contributed by atoms with Crippen LogP contribution in [0, 0.1) is 0 Å². The molecular weight excluding hydrogens is 280 g/mol. The number of hydrogen-bond acceptors (Lipinski definition) is 8. The second kappa shape index (κ2) is 5.40. The van der Waals surface area contributed by atoms with Crippen molar-refractivity contribution in [3.63, 3.8) is 0 Å². The summed E-state index contributed by atoms with van der Waals surface area (Å²) in [7, 11) is 0. The van der Waals surface area contributed by atoms with Crippen LogP contribution in [0.3, 0.4) is 0 Å². The van der Waals surface area contributed by atoms with Gasteiger partial charge in [-0.05, 0) is 36.1 Å². The van der Waals surface area contributed by atoms with E-state index in [0.29, 0.717) is 11.7 Å². The van der Waals surface area contributed by atoms with Gasteiger partial charge in [0, 0.05) is 18.4 Å². The van der Waals surface area contributed by atoms with Crippen LogP contribution in [0.1, 0.15) is 37.3 Å². The van der Waals surface area contributed by atoms with Gasteiger partial charge in [0.15, 0.2) is 4.34 Å². The standard InChI is InChI=1S/C11H14N6S2/c1-2-7-14-11(19-17-7)18-9-5-8(16-12)13-10(15-9)6-3-4-6/h5-6H,2-4,12H2,1H3,(H,13,15,16). The monoisotopic (exact) mass is 294 g/mol. The first-order valence-electron chi connectivity index (χ1n) is 6.14. The summed E-state index contributed by atoms with van der Waals surface area (Å²) in [4.78, 5) is 13.4. The molecule has 0 radical (unpaired) electrons. The van der Waals surface area contributed by atoms with Crippen molar-refractivity contribution in [3.05, 3.63) is 17.7 Å². The van der Waals surface area contributed by atoms with Gasteiger partial charge in [-0.2, -0.15) is 4.37 Å². The predicted octanol–water partition coefficient (Wildman–Crippen LogP) is 2.20. The summed E-state index contributed by atoms with van der Waals surface area (Å²) in [6.45, 7) is 2.04. The topological polar surface area (TPSA) is 89.6 Å². The Kier molecular flexibility index (Phi) is 3.63. The van der Waals surface area contributed by atoms with Crippen LogP contribution < -0.4 is 11.3 Å². The average Bonchev–Trinajstić information content (AvgIpc) is 3.19. The molecule has 3 N–H and O–H groups in total. The summed E-state index contributed by atoms with van der Waals surface area (Å²) in [5, 5.41) is 0.864. The number of aromatic nitrogens is 4. The lowest BCUT2D eigenvalue weighted by Crippen LogP contribution is -2.10. The molecule has 19 heavy (non-hydrogen) atoms. The van der Waals surface area contributed by atoms with Gasteiger partial charge < -0.3 is 5.43 Å². The van der Waals surface area contributed by atoms with Crippen LogP contribution in [0.15, 0.2) is 15.4 Å². The molecule has 0 saturated heterocycles. The van der Waals surface area contributed by atoms with E-state index in [1.807, 2.05) is 13.0 Å². The summed E-state index contributed by atoms with van der Waals surface area (Å²) in [5.74, 6) is 8.35. The largest absolute Gasteiger partial charge is 0.308 e. The van der Waals surface area contributed by atoms with E-state index >= 15 is 0 Å². The van der Waals surface area contributed by atoms with E-state index in [1.54, 1.807) is 0 Å². The van der Waals surface area contributed by atoms with Crippen molar-refractivity contribution >= 4 is 29.1 Å². The second-order valence-electron chi connectivity index (χ2n) is 4.30. The molecule has 1 aliphatic rings. The predicted molar refractivity (Wildman–Crippen MR) is 75.2 cm³/mol. The number of nitrogen functional groups attached to an aromatic ring is 1. The molecule has 0 aliphatic heterocycles. The normalized spacial score (nSPS) is 14.6. The van der Waals surface area contributed by atoms with E-state index in [1.165, 1.54) is 23.3 Å². The summed E-state index contributed by atoms with van der Waals surface area (Å²) >= 11 is 2.91. The minimum Gasteiger partial charge on any atom is -0.308 e. The number of anilines is 1. The van der Waals surface area contributed by atoms with Crippen molar-refractivity contribution in [1.29, 1.82) is 0 Å². The Morgan fingerprint density at radius 1 is 1.42 bits per heavy atom. The molecule has 0 unspecified atom stereocenters. The Balaban J connectivity index is 1.84. The van der Waals surface area contributed by atoms with Gasteiger partial charge in [0.05, 0.1) is 0 Å². The third-order valence-electron chi connectivity index (χ3n) is 2.77. The summed E-state index contributed by atoms with van der Waals surface area (Å²) in [6, 6.07) is 1.84. The van der Waals surface area contributed by atoms with Gasteiger partial charge in [0.25, 0.3) is 0 Å². The highest BCUT2D eigenvalue weighted by Gasteiger charge is 2.27. The van der Waals surface area contributed by atoms with Gasteiger partial charge in [-0.1, -0.05) is 6.92 Å². The fourth-order valence-corrected chi connectivity index (χ4v) is 3.26. The number of aryl methyl sites for hydroxylation is 1. The average molecular weight is 294 g/mol. The first kappa shape index (κ1) is 12.8. The number of nitrogens with two attached hydrogens (primary N) is 1. The minimum absolute atomic E-state index is 0.494. The lowest BCUT2D eigenvalue weighted by Gasteiger charge is -2.05. The van der Waals surface area contributed by atoms with E-state index in [-0.39, 0.29) is 0 Å². The van der Waals surface area contributed by atoms with Crippen LogP contribution in [0.25, 0.3) is 0 Å². The maximum atomic E-state index is 5.45. The Labute approximate surface area is 119 Å². The fourth-order valence-electron chi connectivity index (χ4n) is 1.61. The molecule has 0 atom stereocenters. The fraction of sp³-hybridized carbons (Fsp3) is 0.455. The minimum atomic E-state index is 0.494. The molecule has 1 fully saturated rings. The van der Waals surface area contributed by atoms with Crippen LogP contribution >= 0.6 is 23.3 Å². The van der Waals surface area contributed by atoms with Gasteiger partial charge in [-0.3, -0.25) is 0 Å². The molecule has 6 nitrogen and oxygen atoms in total. The molecule has 0 bridgehead atoms. The van der Waals surface area contributed by atoms with Crippen LogP contribution in [-0.2, 0) is 6.42 Å². The Morgan fingerprint density at radius 2 is 2.26 bits per heavy atom. The van der Waals surface area contributed by atoms with Gasteiger partial charge >= 0.3 is 0 Å². The second-order valence-corrected chi connectivity index (χ2v) is 6.32. The van der Waals surface area contributed by atoms with Crippen molar-refractivity contribution in [2.75, 3.05) is 5.43 Å². The molecular formula is C11H14N6S2. The Hall–Kier alpha value is -1.25. The molecule has 8 heteroatoms. The molecule has 3 rings (SSSR count). The number of hydrogen-bond donors (Lipinski definition) is 2. The van der Waals surface area contributed by atoms with E-state index in [9.17, 15) is 0 Å². The summed E-state index contributed by atoms with van der Waals surface area (Å²) < 4.78 is 5.17. The molecule has 0 amide bonds. The lowest BCUT2D eigenvalue weighted by atomic mass is 10.4. The molecule has 100 valence electrons. The SMILES string of the molecule is CCc1nsc(Sc2cc(NN)nc(C3CC3)n2)n1. The van der Waals surface area contributed by atoms with E-state index in [4.69, 9.17) is 5.84 Å². The quantitative estimate of drug-likeness (QED) is 0.496. The van der Waals surface area contributed by atoms with Gasteiger partial charge in [0.2, 0.25) is 0 Å². The summed E-state index contributed by atoms with van der Waals surface area (Å²) in [5.41, 5.74) is 2.60. The van der Waals surface area contributed by atoms with Gasteiger partial charge in [0.1, 0.15) is 22.5 Å². The molecule has 2 aromatic heterocycles. The third kappa shape index (κ3) is 3.02. The number of nitrogens with one attached hydrogen (secondary N) is 1. The summed E-state index contributed by atoms with van der Waals surface area (Å²) in [6.07, 6.45) is 3.18. The van der Waals surface area contributed by atoms with Gasteiger partial charge in [-0.15, -0.1) is 0 Å². The molecule has 0 spiro atoms. The van der Waals surface area contributed by atoms with Crippen molar-refractivity contribution < 1.29 is 0 Å². The van der Waals surface area contributed by atoms with Crippen molar-refractivity contribution in [1.82, 2.24) is 19.3 Å². The van der Waals surface area contributed by atoms with E-state index in [2.05, 4.69) is 24.8 Å². The van der Waals surface area contributed by atoms with Crippen molar-refractivity contribution in [2.45, 2.75) is 41.5 Å². The molecule has 2 heterocycles. The van der Waals surface area contributed by atoms with Crippen LogP contribution in [0.4, 0.5) is 5.82 Å². The Morgan fingerprint density at radius 3 is 2.89 bits per heavy atom. The zero-order valence-corrected chi connectivity index (χ0v) is 12.1. The van der Waals surface area contributed by atoms with E-state index in [0.717, 1.165) is 40.3 Å². The highest BCUT2D eigenvalue weighted by atomic mass is 32.2. The maximum Gasteiger partial charge on any atom is 0.176 e. The maximum absolute atomic E-state index is 5.45. The number of rotatable bonds is 5. The van der Waals surface area contributed by atoms with Crippen LogP contribution in [-0.4, -0.2) is 19.3 Å². The first-order chi connectivity index (χ1) is 9.28. The van der Waals surface area contributed by atoms with Crippen LogP contribution in [0.2, 0.25) is 0 Å². The first-order valence-corrected chi connectivity index (χ1v) is 7.73. The highest BCUT2D eigenvalue weighted by molar-refractivity contribution is 8.00. The van der Waals surface area contributed by atoms with E-state index < -0.39 is 0 Å². The Bertz CT molecular complexity index is 580. The van der Waals surface area contributed by atoms with Crippen molar-refractivity contribution in [2.24, 2.45) is 5.84 Å². The van der Waals surface area contributed by atoms with Gasteiger partial charge in [-0.25, -0.2) is 20.8 Å². The van der Waals surface area contributed by atoms with Crippen LogP contribution in [0.5, 0.6) is 0 Å². The lowest BCUT2D eigenvalue weighted by molar-refractivity contribution is 0.877. The smallest absolute Gasteiger partial charge is 0.176 e. The molecule has 1 aliphatic carbocycles. The zero-order valence-electron chi connectivity index (χ0n) is 10.5. The highest BCUT2D eigenvalue weighted by Crippen LogP contribution is 2.39. The zero-order chi connectivity index (χ0) is 13.2. The molecule has 2 aromatic rings.